The van der Waals surface area contributed by atoms with Gasteiger partial charge >= 0.3 is 0 Å². The van der Waals surface area contributed by atoms with E-state index in [9.17, 15) is 0 Å². The molecular formula is C12H18ClN3. The molecule has 0 aromatic carbocycles. The van der Waals surface area contributed by atoms with Crippen molar-refractivity contribution < 1.29 is 0 Å². The van der Waals surface area contributed by atoms with E-state index in [0.29, 0.717) is 5.15 Å². The van der Waals surface area contributed by atoms with Gasteiger partial charge in [-0.05, 0) is 24.7 Å². The molecule has 1 fully saturated rings. The highest BCUT2D eigenvalue weighted by atomic mass is 35.5. The van der Waals surface area contributed by atoms with Crippen molar-refractivity contribution in [2.24, 2.45) is 11.8 Å². The van der Waals surface area contributed by atoms with Gasteiger partial charge in [-0.3, -0.25) is 0 Å². The summed E-state index contributed by atoms with van der Waals surface area (Å²) in [6.45, 7) is 6.77. The van der Waals surface area contributed by atoms with Gasteiger partial charge in [-0.2, -0.15) is 0 Å². The smallest absolute Gasteiger partial charge is 0.134 e. The number of halogens is 1. The second-order valence-electron chi connectivity index (χ2n) is 4.77. The van der Waals surface area contributed by atoms with Gasteiger partial charge in [0, 0.05) is 19.2 Å². The van der Waals surface area contributed by atoms with Crippen LogP contribution in [0, 0.1) is 11.8 Å². The second-order valence-corrected chi connectivity index (χ2v) is 5.15. The molecule has 0 unspecified atom stereocenters. The summed E-state index contributed by atoms with van der Waals surface area (Å²) in [5.74, 6) is 2.60. The molecule has 3 nitrogen and oxygen atoms in total. The van der Waals surface area contributed by atoms with Gasteiger partial charge in [0.2, 0.25) is 0 Å². The molecule has 1 aromatic heterocycles. The fourth-order valence-electron chi connectivity index (χ4n) is 2.29. The first kappa shape index (κ1) is 11.6. The van der Waals surface area contributed by atoms with Crippen LogP contribution in [0.25, 0.3) is 0 Å². The molecule has 1 saturated heterocycles. The molecule has 2 rings (SSSR count). The van der Waals surface area contributed by atoms with Gasteiger partial charge in [0.25, 0.3) is 0 Å². The summed E-state index contributed by atoms with van der Waals surface area (Å²) < 4.78 is 0. The van der Waals surface area contributed by atoms with Crippen LogP contribution < -0.4 is 4.90 Å². The lowest BCUT2D eigenvalue weighted by molar-refractivity contribution is 0.310. The molecule has 0 atom stereocenters. The van der Waals surface area contributed by atoms with E-state index in [1.165, 1.54) is 19.2 Å². The fraction of sp³-hybridized carbons (Fsp3) is 0.667. The van der Waals surface area contributed by atoms with E-state index in [4.69, 9.17) is 11.6 Å². The largest absolute Gasteiger partial charge is 0.356 e. The lowest BCUT2D eigenvalue weighted by atomic mass is 9.87. The minimum Gasteiger partial charge on any atom is -0.356 e. The van der Waals surface area contributed by atoms with E-state index in [1.54, 1.807) is 0 Å². The van der Waals surface area contributed by atoms with Crippen LogP contribution in [0.1, 0.15) is 26.7 Å². The zero-order valence-electron chi connectivity index (χ0n) is 9.86. The number of aromatic nitrogens is 2. The minimum atomic E-state index is 0.524. The van der Waals surface area contributed by atoms with Gasteiger partial charge < -0.3 is 4.90 Å². The van der Waals surface area contributed by atoms with E-state index in [2.05, 4.69) is 28.7 Å². The van der Waals surface area contributed by atoms with E-state index in [-0.39, 0.29) is 0 Å². The van der Waals surface area contributed by atoms with Crippen LogP contribution in [0.15, 0.2) is 12.4 Å². The topological polar surface area (TPSA) is 29.0 Å². The molecule has 0 aliphatic carbocycles. The Bertz CT molecular complexity index is 346. The van der Waals surface area contributed by atoms with Crippen LogP contribution in [0.4, 0.5) is 5.82 Å². The third-order valence-corrected chi connectivity index (χ3v) is 3.63. The molecule has 0 spiro atoms. The van der Waals surface area contributed by atoms with Crippen molar-refractivity contribution in [1.29, 1.82) is 0 Å². The van der Waals surface area contributed by atoms with E-state index in [0.717, 1.165) is 30.7 Å². The second kappa shape index (κ2) is 5.00. The van der Waals surface area contributed by atoms with Crippen molar-refractivity contribution in [1.82, 2.24) is 9.97 Å². The predicted octanol–water partition coefficient (Wildman–Crippen LogP) is 3.00. The standard InChI is InChI=1S/C12H18ClN3/c1-9(2)10-3-5-16(6-4-10)12-7-11(13)14-8-15-12/h7-10H,3-6H2,1-2H3. The maximum Gasteiger partial charge on any atom is 0.134 e. The van der Waals surface area contributed by atoms with E-state index < -0.39 is 0 Å². The van der Waals surface area contributed by atoms with Gasteiger partial charge in [-0.15, -0.1) is 0 Å². The average Bonchev–Trinajstić information content (AvgIpc) is 2.29. The van der Waals surface area contributed by atoms with Crippen LogP contribution in [-0.4, -0.2) is 23.1 Å². The molecule has 16 heavy (non-hydrogen) atoms. The maximum absolute atomic E-state index is 5.87. The molecule has 0 N–H and O–H groups in total. The van der Waals surface area contributed by atoms with Crippen molar-refractivity contribution >= 4 is 17.4 Å². The number of nitrogens with zero attached hydrogens (tertiary/aromatic N) is 3. The van der Waals surface area contributed by atoms with E-state index in [1.807, 2.05) is 6.07 Å². The van der Waals surface area contributed by atoms with Crippen LogP contribution in [0.3, 0.4) is 0 Å². The molecule has 0 bridgehead atoms. The molecule has 4 heteroatoms. The monoisotopic (exact) mass is 239 g/mol. The fourth-order valence-corrected chi connectivity index (χ4v) is 2.43. The first-order valence-corrected chi connectivity index (χ1v) is 6.27. The van der Waals surface area contributed by atoms with E-state index >= 15 is 0 Å². The first-order valence-electron chi connectivity index (χ1n) is 5.89. The molecule has 0 amide bonds. The van der Waals surface area contributed by atoms with Crippen molar-refractivity contribution in [3.63, 3.8) is 0 Å². The van der Waals surface area contributed by atoms with Crippen molar-refractivity contribution in [3.05, 3.63) is 17.5 Å². The highest BCUT2D eigenvalue weighted by Crippen LogP contribution is 2.27. The zero-order chi connectivity index (χ0) is 11.5. The summed E-state index contributed by atoms with van der Waals surface area (Å²) in [6, 6.07) is 1.84. The average molecular weight is 240 g/mol. The van der Waals surface area contributed by atoms with Crippen LogP contribution in [-0.2, 0) is 0 Å². The van der Waals surface area contributed by atoms with Gasteiger partial charge in [0.1, 0.15) is 17.3 Å². The number of anilines is 1. The summed E-state index contributed by atoms with van der Waals surface area (Å²) >= 11 is 5.87. The Kier molecular flexibility index (Phi) is 3.64. The Morgan fingerprint density at radius 2 is 2.00 bits per heavy atom. The highest BCUT2D eigenvalue weighted by molar-refractivity contribution is 6.29. The Labute approximate surface area is 102 Å². The molecular weight excluding hydrogens is 222 g/mol. The third-order valence-electron chi connectivity index (χ3n) is 3.43. The number of hydrogen-bond acceptors (Lipinski definition) is 3. The zero-order valence-corrected chi connectivity index (χ0v) is 10.6. The summed E-state index contributed by atoms with van der Waals surface area (Å²) in [6.07, 6.45) is 4.03. The Morgan fingerprint density at radius 3 is 2.56 bits per heavy atom. The van der Waals surface area contributed by atoms with Crippen molar-refractivity contribution in [2.45, 2.75) is 26.7 Å². The summed E-state index contributed by atoms with van der Waals surface area (Å²) in [7, 11) is 0. The highest BCUT2D eigenvalue weighted by Gasteiger charge is 2.22. The van der Waals surface area contributed by atoms with Gasteiger partial charge in [0.05, 0.1) is 0 Å². The van der Waals surface area contributed by atoms with Gasteiger partial charge in [0.15, 0.2) is 0 Å². The molecule has 1 aliphatic rings. The van der Waals surface area contributed by atoms with Gasteiger partial charge in [-0.25, -0.2) is 9.97 Å². The lowest BCUT2D eigenvalue weighted by Gasteiger charge is -2.34. The SMILES string of the molecule is CC(C)C1CCN(c2cc(Cl)ncn2)CC1. The first-order chi connectivity index (χ1) is 7.66. The Balaban J connectivity index is 1.99. The molecule has 2 heterocycles. The van der Waals surface area contributed by atoms with Crippen molar-refractivity contribution in [2.75, 3.05) is 18.0 Å². The lowest BCUT2D eigenvalue weighted by Crippen LogP contribution is -2.35. The maximum atomic E-state index is 5.87. The molecule has 0 saturated carbocycles. The van der Waals surface area contributed by atoms with Crippen LogP contribution in [0.5, 0.6) is 0 Å². The molecule has 1 aromatic rings. The number of rotatable bonds is 2. The summed E-state index contributed by atoms with van der Waals surface area (Å²) in [5, 5.41) is 0.524. The van der Waals surface area contributed by atoms with Gasteiger partial charge in [-0.1, -0.05) is 25.4 Å². The minimum absolute atomic E-state index is 0.524. The molecule has 88 valence electrons. The van der Waals surface area contributed by atoms with Crippen LogP contribution in [0.2, 0.25) is 5.15 Å². The normalized spacial score (nSPS) is 18.1. The summed E-state index contributed by atoms with van der Waals surface area (Å²) in [4.78, 5) is 10.5. The van der Waals surface area contributed by atoms with Crippen LogP contribution >= 0.6 is 11.6 Å². The third kappa shape index (κ3) is 2.64. The number of hydrogen-bond donors (Lipinski definition) is 0. The molecule has 0 radical (unpaired) electrons. The predicted molar refractivity (Wildman–Crippen MR) is 66.8 cm³/mol. The Morgan fingerprint density at radius 1 is 1.31 bits per heavy atom. The molecule has 1 aliphatic heterocycles. The quantitative estimate of drug-likeness (QED) is 0.743. The number of piperidine rings is 1. The van der Waals surface area contributed by atoms with Crippen molar-refractivity contribution in [3.8, 4) is 0 Å². The summed E-state index contributed by atoms with van der Waals surface area (Å²) in [5.41, 5.74) is 0. The Hall–Kier alpha value is -0.830.